The van der Waals surface area contributed by atoms with Gasteiger partial charge in [0.15, 0.2) is 0 Å². The minimum atomic E-state index is -0.122. The number of cyclic esters (lactones) is 1. The number of hydrogen-bond donors (Lipinski definition) is 0. The summed E-state index contributed by atoms with van der Waals surface area (Å²) in [5.41, 5.74) is 1.27. The minimum Gasteiger partial charge on any atom is -0.447 e. The fraction of sp³-hybridized carbons (Fsp3) is 0.462. The molecular formula is C13H15NO2. The maximum Gasteiger partial charge on any atom is 0.410 e. The Labute approximate surface area is 95.0 Å². The Morgan fingerprint density at radius 3 is 2.69 bits per heavy atom. The van der Waals surface area contributed by atoms with E-state index in [4.69, 9.17) is 4.74 Å². The Morgan fingerprint density at radius 1 is 1.25 bits per heavy atom. The summed E-state index contributed by atoms with van der Waals surface area (Å²) in [7, 11) is 0. The Balaban J connectivity index is 1.72. The molecular weight excluding hydrogens is 202 g/mol. The highest BCUT2D eigenvalue weighted by Crippen LogP contribution is 2.32. The second-order valence-electron chi connectivity index (χ2n) is 4.56. The topological polar surface area (TPSA) is 29.5 Å². The van der Waals surface area contributed by atoms with Crippen molar-refractivity contribution in [1.82, 2.24) is 4.90 Å². The summed E-state index contributed by atoms with van der Waals surface area (Å²) < 4.78 is 5.14. The van der Waals surface area contributed by atoms with Gasteiger partial charge in [0.1, 0.15) is 6.61 Å². The van der Waals surface area contributed by atoms with E-state index in [0.717, 1.165) is 19.3 Å². The molecule has 3 nitrogen and oxygen atoms in total. The summed E-state index contributed by atoms with van der Waals surface area (Å²) in [5.74, 6) is 0. The standard InChI is InChI=1S/C13H15NO2/c15-13-14(11-6-7-11)12(9-16-13)8-10-4-2-1-3-5-10/h1-5,11-12H,6-9H2/t12-/m1/s1. The van der Waals surface area contributed by atoms with Gasteiger partial charge in [0.2, 0.25) is 0 Å². The molecule has 1 saturated carbocycles. The van der Waals surface area contributed by atoms with Gasteiger partial charge < -0.3 is 4.74 Å². The molecule has 2 fully saturated rings. The number of hydrogen-bond acceptors (Lipinski definition) is 2. The van der Waals surface area contributed by atoms with Crippen molar-refractivity contribution in [3.63, 3.8) is 0 Å². The lowest BCUT2D eigenvalue weighted by molar-refractivity contribution is 0.156. The van der Waals surface area contributed by atoms with Gasteiger partial charge in [-0.2, -0.15) is 0 Å². The largest absolute Gasteiger partial charge is 0.447 e. The molecule has 1 heterocycles. The summed E-state index contributed by atoms with van der Waals surface area (Å²) in [6.07, 6.45) is 3.06. The number of nitrogens with zero attached hydrogens (tertiary/aromatic N) is 1. The van der Waals surface area contributed by atoms with E-state index < -0.39 is 0 Å². The number of rotatable bonds is 3. The van der Waals surface area contributed by atoms with Crippen molar-refractivity contribution in [2.45, 2.75) is 31.3 Å². The lowest BCUT2D eigenvalue weighted by Gasteiger charge is -2.20. The van der Waals surface area contributed by atoms with Crippen LogP contribution in [-0.4, -0.2) is 29.7 Å². The van der Waals surface area contributed by atoms with E-state index in [0.29, 0.717) is 12.6 Å². The Bertz CT molecular complexity index is 386. The predicted octanol–water partition coefficient (Wildman–Crippen LogP) is 2.21. The number of carbonyl (C=O) groups is 1. The summed E-state index contributed by atoms with van der Waals surface area (Å²) in [4.78, 5) is 13.5. The van der Waals surface area contributed by atoms with E-state index in [1.807, 2.05) is 23.1 Å². The maximum atomic E-state index is 11.6. The van der Waals surface area contributed by atoms with Gasteiger partial charge in [0.05, 0.1) is 6.04 Å². The van der Waals surface area contributed by atoms with Gasteiger partial charge in [-0.3, -0.25) is 4.90 Å². The molecule has 0 unspecified atom stereocenters. The van der Waals surface area contributed by atoms with Gasteiger partial charge in [0, 0.05) is 6.04 Å². The van der Waals surface area contributed by atoms with Gasteiger partial charge in [0.25, 0.3) is 0 Å². The van der Waals surface area contributed by atoms with Crippen LogP contribution in [-0.2, 0) is 11.2 Å². The first kappa shape index (κ1) is 9.70. The van der Waals surface area contributed by atoms with Crippen LogP contribution >= 0.6 is 0 Å². The molecule has 0 spiro atoms. The molecule has 3 rings (SSSR count). The molecule has 1 atom stereocenters. The lowest BCUT2D eigenvalue weighted by atomic mass is 10.1. The predicted molar refractivity (Wildman–Crippen MR) is 60.1 cm³/mol. The number of carbonyl (C=O) groups excluding carboxylic acids is 1. The van der Waals surface area contributed by atoms with Crippen molar-refractivity contribution < 1.29 is 9.53 Å². The van der Waals surface area contributed by atoms with E-state index in [1.165, 1.54) is 5.56 Å². The molecule has 0 bridgehead atoms. The molecule has 1 aliphatic carbocycles. The van der Waals surface area contributed by atoms with Crippen molar-refractivity contribution in [3.8, 4) is 0 Å². The molecule has 0 N–H and O–H groups in total. The quantitative estimate of drug-likeness (QED) is 0.777. The second-order valence-corrected chi connectivity index (χ2v) is 4.56. The first-order chi connectivity index (χ1) is 7.84. The molecule has 1 saturated heterocycles. The molecule has 3 heteroatoms. The molecule has 0 aromatic heterocycles. The van der Waals surface area contributed by atoms with Crippen LogP contribution in [0.15, 0.2) is 30.3 Å². The van der Waals surface area contributed by atoms with Crippen LogP contribution in [0, 0.1) is 0 Å². The number of amides is 1. The van der Waals surface area contributed by atoms with Crippen LogP contribution in [0.25, 0.3) is 0 Å². The molecule has 1 aliphatic heterocycles. The van der Waals surface area contributed by atoms with E-state index in [-0.39, 0.29) is 12.1 Å². The average Bonchev–Trinajstić information content (AvgIpc) is 3.07. The van der Waals surface area contributed by atoms with Crippen LogP contribution in [0.4, 0.5) is 4.79 Å². The normalized spacial score (nSPS) is 24.6. The monoisotopic (exact) mass is 217 g/mol. The van der Waals surface area contributed by atoms with Crippen LogP contribution in [0.1, 0.15) is 18.4 Å². The van der Waals surface area contributed by atoms with Crippen LogP contribution in [0.3, 0.4) is 0 Å². The van der Waals surface area contributed by atoms with E-state index in [9.17, 15) is 4.79 Å². The van der Waals surface area contributed by atoms with Crippen molar-refractivity contribution in [2.75, 3.05) is 6.61 Å². The highest BCUT2D eigenvalue weighted by Gasteiger charge is 2.42. The Kier molecular flexibility index (Phi) is 2.31. The Hall–Kier alpha value is -1.51. The third-order valence-electron chi connectivity index (χ3n) is 3.26. The van der Waals surface area contributed by atoms with Crippen molar-refractivity contribution >= 4 is 6.09 Å². The van der Waals surface area contributed by atoms with Crippen LogP contribution in [0.5, 0.6) is 0 Å². The smallest absolute Gasteiger partial charge is 0.410 e. The van der Waals surface area contributed by atoms with Crippen LogP contribution < -0.4 is 0 Å². The maximum absolute atomic E-state index is 11.6. The fourth-order valence-electron chi connectivity index (χ4n) is 2.31. The zero-order valence-electron chi connectivity index (χ0n) is 9.13. The molecule has 2 aliphatic rings. The second kappa shape index (κ2) is 3.81. The van der Waals surface area contributed by atoms with Gasteiger partial charge in [-0.05, 0) is 24.8 Å². The molecule has 1 aromatic carbocycles. The van der Waals surface area contributed by atoms with Gasteiger partial charge in [-0.1, -0.05) is 30.3 Å². The zero-order chi connectivity index (χ0) is 11.0. The number of benzene rings is 1. The summed E-state index contributed by atoms with van der Waals surface area (Å²) in [6, 6.07) is 11.0. The van der Waals surface area contributed by atoms with Gasteiger partial charge in [-0.25, -0.2) is 4.79 Å². The first-order valence-corrected chi connectivity index (χ1v) is 5.83. The minimum absolute atomic E-state index is 0.122. The SMILES string of the molecule is O=C1OC[C@@H](Cc2ccccc2)N1C1CC1. The first-order valence-electron chi connectivity index (χ1n) is 5.83. The molecule has 16 heavy (non-hydrogen) atoms. The van der Waals surface area contributed by atoms with Crippen molar-refractivity contribution in [2.24, 2.45) is 0 Å². The molecule has 1 aromatic rings. The average molecular weight is 217 g/mol. The van der Waals surface area contributed by atoms with Crippen molar-refractivity contribution in [3.05, 3.63) is 35.9 Å². The molecule has 0 radical (unpaired) electrons. The van der Waals surface area contributed by atoms with Crippen LogP contribution in [0.2, 0.25) is 0 Å². The lowest BCUT2D eigenvalue weighted by Crippen LogP contribution is -2.36. The van der Waals surface area contributed by atoms with Gasteiger partial charge in [-0.15, -0.1) is 0 Å². The summed E-state index contributed by atoms with van der Waals surface area (Å²) >= 11 is 0. The third kappa shape index (κ3) is 1.77. The fourth-order valence-corrected chi connectivity index (χ4v) is 2.31. The summed E-state index contributed by atoms with van der Waals surface area (Å²) in [5, 5.41) is 0. The zero-order valence-corrected chi connectivity index (χ0v) is 9.13. The Morgan fingerprint density at radius 2 is 2.00 bits per heavy atom. The highest BCUT2D eigenvalue weighted by atomic mass is 16.6. The van der Waals surface area contributed by atoms with Crippen molar-refractivity contribution in [1.29, 1.82) is 0 Å². The molecule has 84 valence electrons. The van der Waals surface area contributed by atoms with Gasteiger partial charge >= 0.3 is 6.09 Å². The molecule has 1 amide bonds. The van der Waals surface area contributed by atoms with E-state index in [1.54, 1.807) is 0 Å². The summed E-state index contributed by atoms with van der Waals surface area (Å²) in [6.45, 7) is 0.546. The van der Waals surface area contributed by atoms with E-state index in [2.05, 4.69) is 12.1 Å². The number of ether oxygens (including phenoxy) is 1. The van der Waals surface area contributed by atoms with E-state index >= 15 is 0 Å². The third-order valence-corrected chi connectivity index (χ3v) is 3.26. The highest BCUT2D eigenvalue weighted by molar-refractivity contribution is 5.71.